The molecule has 2 unspecified atom stereocenters. The minimum absolute atomic E-state index is 0.00424. The van der Waals surface area contributed by atoms with Crippen LogP contribution in [0.3, 0.4) is 0 Å². The molecule has 0 spiro atoms. The van der Waals surface area contributed by atoms with Crippen molar-refractivity contribution in [3.63, 3.8) is 0 Å². The highest BCUT2D eigenvalue weighted by atomic mass is 16.3. The van der Waals surface area contributed by atoms with Crippen LogP contribution in [-0.4, -0.2) is 20.1 Å². The van der Waals surface area contributed by atoms with Gasteiger partial charge in [0.2, 0.25) is 0 Å². The van der Waals surface area contributed by atoms with Gasteiger partial charge in [0.1, 0.15) is 5.69 Å². The topological polar surface area (TPSA) is 50.9 Å². The van der Waals surface area contributed by atoms with Crippen LogP contribution in [-0.2, 0) is 13.0 Å². The van der Waals surface area contributed by atoms with Crippen LogP contribution in [0.5, 0.6) is 0 Å². The third-order valence-corrected chi connectivity index (χ3v) is 2.74. The maximum absolute atomic E-state index is 9.02. The summed E-state index contributed by atoms with van der Waals surface area (Å²) < 4.78 is 1.98. The molecule has 1 aliphatic rings. The van der Waals surface area contributed by atoms with Crippen molar-refractivity contribution in [3.8, 4) is 0 Å². The van der Waals surface area contributed by atoms with Crippen LogP contribution >= 0.6 is 0 Å². The molecule has 0 amide bonds. The van der Waals surface area contributed by atoms with Gasteiger partial charge in [0.25, 0.3) is 0 Å². The van der Waals surface area contributed by atoms with Gasteiger partial charge < -0.3 is 5.11 Å². The lowest BCUT2D eigenvalue weighted by Gasteiger charge is -2.02. The van der Waals surface area contributed by atoms with Gasteiger partial charge in [-0.3, -0.25) is 0 Å². The molecule has 1 aliphatic carbocycles. The highest BCUT2D eigenvalue weighted by Crippen LogP contribution is 2.42. The van der Waals surface area contributed by atoms with E-state index in [4.69, 9.17) is 5.11 Å². The molecule has 72 valence electrons. The van der Waals surface area contributed by atoms with Gasteiger partial charge in [0.05, 0.1) is 18.3 Å². The second kappa shape index (κ2) is 3.10. The van der Waals surface area contributed by atoms with Gasteiger partial charge in [-0.2, -0.15) is 0 Å². The Morgan fingerprint density at radius 2 is 2.31 bits per heavy atom. The first-order valence-corrected chi connectivity index (χ1v) is 4.81. The number of hydrogen-bond donors (Lipinski definition) is 1. The van der Waals surface area contributed by atoms with E-state index in [1.165, 1.54) is 6.42 Å². The second-order valence-electron chi connectivity index (χ2n) is 3.72. The highest BCUT2D eigenvalue weighted by Gasteiger charge is 2.37. The standard InChI is InChI=1S/C9H15N3O/c1-3-8-7(5-13)10-11-12(8)9-4-6(9)2/h6,9,13H,3-5H2,1-2H3. The predicted octanol–water partition coefficient (Wildman–Crippen LogP) is 0.914. The summed E-state index contributed by atoms with van der Waals surface area (Å²) in [5, 5.41) is 17.1. The van der Waals surface area contributed by atoms with E-state index in [1.54, 1.807) is 0 Å². The largest absolute Gasteiger partial charge is 0.390 e. The van der Waals surface area contributed by atoms with Crippen LogP contribution < -0.4 is 0 Å². The van der Waals surface area contributed by atoms with E-state index >= 15 is 0 Å². The summed E-state index contributed by atoms with van der Waals surface area (Å²) >= 11 is 0. The Kier molecular flexibility index (Phi) is 2.07. The van der Waals surface area contributed by atoms with Gasteiger partial charge in [-0.15, -0.1) is 5.10 Å². The zero-order chi connectivity index (χ0) is 9.42. The molecule has 0 aromatic carbocycles. The molecular formula is C9H15N3O. The van der Waals surface area contributed by atoms with E-state index in [1.807, 2.05) is 4.68 Å². The molecule has 1 heterocycles. The van der Waals surface area contributed by atoms with Crippen molar-refractivity contribution in [3.05, 3.63) is 11.4 Å². The van der Waals surface area contributed by atoms with Gasteiger partial charge >= 0.3 is 0 Å². The van der Waals surface area contributed by atoms with E-state index in [0.29, 0.717) is 6.04 Å². The number of aliphatic hydroxyl groups is 1. The quantitative estimate of drug-likeness (QED) is 0.754. The Morgan fingerprint density at radius 3 is 2.77 bits per heavy atom. The van der Waals surface area contributed by atoms with Crippen molar-refractivity contribution >= 4 is 0 Å². The molecule has 0 saturated heterocycles. The summed E-state index contributed by atoms with van der Waals surface area (Å²) in [6.07, 6.45) is 2.09. The van der Waals surface area contributed by atoms with Crippen LogP contribution in [0.4, 0.5) is 0 Å². The average Bonchev–Trinajstić information content (AvgIpc) is 2.72. The monoisotopic (exact) mass is 181 g/mol. The van der Waals surface area contributed by atoms with Gasteiger partial charge in [-0.05, 0) is 18.8 Å². The molecule has 4 heteroatoms. The lowest BCUT2D eigenvalue weighted by molar-refractivity contribution is 0.275. The molecule has 0 aliphatic heterocycles. The SMILES string of the molecule is CCc1c(CO)nnn1C1CC1C. The molecule has 2 atom stereocenters. The summed E-state index contributed by atoms with van der Waals surface area (Å²) in [6, 6.07) is 0.530. The maximum atomic E-state index is 9.02. The Labute approximate surface area is 77.6 Å². The third-order valence-electron chi connectivity index (χ3n) is 2.74. The molecular weight excluding hydrogens is 166 g/mol. The number of aliphatic hydroxyl groups excluding tert-OH is 1. The Hall–Kier alpha value is -0.900. The van der Waals surface area contributed by atoms with Crippen molar-refractivity contribution in [1.29, 1.82) is 0 Å². The van der Waals surface area contributed by atoms with E-state index in [2.05, 4.69) is 24.2 Å². The van der Waals surface area contributed by atoms with E-state index in [9.17, 15) is 0 Å². The zero-order valence-electron chi connectivity index (χ0n) is 8.06. The molecule has 1 aromatic heterocycles. The first-order chi connectivity index (χ1) is 6.27. The molecule has 2 rings (SSSR count). The van der Waals surface area contributed by atoms with Crippen LogP contribution in [0, 0.1) is 5.92 Å². The van der Waals surface area contributed by atoms with Crippen LogP contribution in [0.1, 0.15) is 37.7 Å². The lowest BCUT2D eigenvalue weighted by atomic mass is 10.2. The van der Waals surface area contributed by atoms with Gasteiger partial charge in [-0.1, -0.05) is 19.1 Å². The number of nitrogens with zero attached hydrogens (tertiary/aromatic N) is 3. The Balaban J connectivity index is 2.29. The van der Waals surface area contributed by atoms with Crippen LogP contribution in [0.15, 0.2) is 0 Å². The van der Waals surface area contributed by atoms with Gasteiger partial charge in [0, 0.05) is 0 Å². The fraction of sp³-hybridized carbons (Fsp3) is 0.778. The van der Waals surface area contributed by atoms with Crippen LogP contribution in [0.25, 0.3) is 0 Å². The predicted molar refractivity (Wildman–Crippen MR) is 48.1 cm³/mol. The summed E-state index contributed by atoms with van der Waals surface area (Å²) in [6.45, 7) is 4.29. The molecule has 13 heavy (non-hydrogen) atoms. The number of hydrogen-bond acceptors (Lipinski definition) is 3. The molecule has 1 fully saturated rings. The summed E-state index contributed by atoms with van der Waals surface area (Å²) in [4.78, 5) is 0. The van der Waals surface area contributed by atoms with Gasteiger partial charge in [0.15, 0.2) is 0 Å². The normalized spacial score (nSPS) is 26.4. The maximum Gasteiger partial charge on any atom is 0.111 e. The van der Waals surface area contributed by atoms with E-state index in [-0.39, 0.29) is 6.61 Å². The second-order valence-corrected chi connectivity index (χ2v) is 3.72. The Morgan fingerprint density at radius 1 is 1.62 bits per heavy atom. The molecule has 0 bridgehead atoms. The minimum atomic E-state index is 0.00424. The van der Waals surface area contributed by atoms with Crippen LogP contribution in [0.2, 0.25) is 0 Å². The third kappa shape index (κ3) is 1.35. The van der Waals surface area contributed by atoms with Crippen molar-refractivity contribution in [2.24, 2.45) is 5.92 Å². The zero-order valence-corrected chi connectivity index (χ0v) is 8.06. The summed E-state index contributed by atoms with van der Waals surface area (Å²) in [5.41, 5.74) is 1.83. The summed E-state index contributed by atoms with van der Waals surface area (Å²) in [5.74, 6) is 0.721. The first-order valence-electron chi connectivity index (χ1n) is 4.81. The average molecular weight is 181 g/mol. The fourth-order valence-electron chi connectivity index (χ4n) is 1.74. The number of aromatic nitrogens is 3. The number of rotatable bonds is 3. The van der Waals surface area contributed by atoms with Crippen molar-refractivity contribution in [2.75, 3.05) is 0 Å². The fourth-order valence-corrected chi connectivity index (χ4v) is 1.74. The molecule has 1 saturated carbocycles. The Bertz CT molecular complexity index is 308. The molecule has 0 radical (unpaired) electrons. The van der Waals surface area contributed by atoms with E-state index < -0.39 is 0 Å². The van der Waals surface area contributed by atoms with Crippen molar-refractivity contribution < 1.29 is 5.11 Å². The molecule has 1 N–H and O–H groups in total. The molecule has 1 aromatic rings. The van der Waals surface area contributed by atoms with Crippen molar-refractivity contribution in [1.82, 2.24) is 15.0 Å². The lowest BCUT2D eigenvalue weighted by Crippen LogP contribution is -2.04. The minimum Gasteiger partial charge on any atom is -0.390 e. The smallest absolute Gasteiger partial charge is 0.111 e. The van der Waals surface area contributed by atoms with Crippen molar-refractivity contribution in [2.45, 2.75) is 39.3 Å². The summed E-state index contributed by atoms with van der Waals surface area (Å²) in [7, 11) is 0. The van der Waals surface area contributed by atoms with Gasteiger partial charge in [-0.25, -0.2) is 4.68 Å². The molecule has 4 nitrogen and oxygen atoms in total. The first kappa shape index (κ1) is 8.69. The highest BCUT2D eigenvalue weighted by molar-refractivity contribution is 5.11. The van der Waals surface area contributed by atoms with E-state index in [0.717, 1.165) is 23.7 Å².